The van der Waals surface area contributed by atoms with Crippen LogP contribution in [0.2, 0.25) is 0 Å². The molecule has 0 radical (unpaired) electrons. The quantitative estimate of drug-likeness (QED) is 0.755. The van der Waals surface area contributed by atoms with E-state index in [0.29, 0.717) is 24.3 Å². The van der Waals surface area contributed by atoms with E-state index in [-0.39, 0.29) is 5.88 Å². The fourth-order valence-electron chi connectivity index (χ4n) is 2.86. The number of hydrogen-bond donors (Lipinski definition) is 1. The zero-order chi connectivity index (χ0) is 19.0. The van der Waals surface area contributed by atoms with Crippen molar-refractivity contribution < 1.29 is 14.3 Å². The standard InChI is InChI=1S/C20H25N3O3S/c1-12-11-27-18(21-12)20(2,3)23-19(24)26-16-9-8-15(14-6-7-14)17(22-16)25-10-13-4-5-13/h8-9,11,13-14H,4-7,10H2,1-3H3,(H,23,24). The molecule has 6 nitrogen and oxygen atoms in total. The van der Waals surface area contributed by atoms with Gasteiger partial charge in [0, 0.05) is 22.7 Å². The number of hydrogen-bond acceptors (Lipinski definition) is 6. The lowest BCUT2D eigenvalue weighted by atomic mass is 10.1. The van der Waals surface area contributed by atoms with Gasteiger partial charge in [-0.2, -0.15) is 4.98 Å². The van der Waals surface area contributed by atoms with Crippen LogP contribution in [-0.2, 0) is 5.54 Å². The molecule has 0 saturated heterocycles. The summed E-state index contributed by atoms with van der Waals surface area (Å²) in [4.78, 5) is 21.3. The summed E-state index contributed by atoms with van der Waals surface area (Å²) in [5, 5.41) is 5.67. The van der Waals surface area contributed by atoms with Crippen LogP contribution in [0.3, 0.4) is 0 Å². The minimum Gasteiger partial charge on any atom is -0.477 e. The van der Waals surface area contributed by atoms with Crippen LogP contribution < -0.4 is 14.8 Å². The van der Waals surface area contributed by atoms with Crippen LogP contribution in [0.1, 0.15) is 61.7 Å². The molecule has 2 saturated carbocycles. The number of ether oxygens (including phenoxy) is 2. The Morgan fingerprint density at radius 2 is 2.04 bits per heavy atom. The van der Waals surface area contributed by atoms with Crippen molar-refractivity contribution in [2.75, 3.05) is 6.61 Å². The van der Waals surface area contributed by atoms with E-state index < -0.39 is 11.6 Å². The number of rotatable bonds is 7. The molecule has 4 rings (SSSR count). The Bertz CT molecular complexity index is 841. The average molecular weight is 388 g/mol. The monoisotopic (exact) mass is 387 g/mol. The van der Waals surface area contributed by atoms with E-state index >= 15 is 0 Å². The topological polar surface area (TPSA) is 73.3 Å². The predicted octanol–water partition coefficient (Wildman–Crippen LogP) is 4.54. The number of pyridine rings is 1. The van der Waals surface area contributed by atoms with E-state index in [1.165, 1.54) is 37.0 Å². The van der Waals surface area contributed by atoms with Crippen molar-refractivity contribution in [2.45, 2.75) is 57.9 Å². The van der Waals surface area contributed by atoms with Crippen molar-refractivity contribution in [3.05, 3.63) is 33.8 Å². The van der Waals surface area contributed by atoms with Crippen LogP contribution >= 0.6 is 11.3 Å². The van der Waals surface area contributed by atoms with Crippen LogP contribution in [0.25, 0.3) is 0 Å². The summed E-state index contributed by atoms with van der Waals surface area (Å²) in [5.41, 5.74) is 1.45. The maximum Gasteiger partial charge on any atom is 0.414 e. The third kappa shape index (κ3) is 4.58. The number of carbonyl (C=O) groups is 1. The molecule has 0 aliphatic heterocycles. The molecule has 0 spiro atoms. The fraction of sp³-hybridized carbons (Fsp3) is 0.550. The zero-order valence-corrected chi connectivity index (χ0v) is 16.8. The molecule has 0 unspecified atom stereocenters. The smallest absolute Gasteiger partial charge is 0.414 e. The van der Waals surface area contributed by atoms with Crippen molar-refractivity contribution in [1.29, 1.82) is 0 Å². The van der Waals surface area contributed by atoms with Gasteiger partial charge < -0.3 is 14.8 Å². The average Bonchev–Trinajstić information content (AvgIpc) is 3.52. The number of aromatic nitrogens is 2. The van der Waals surface area contributed by atoms with Gasteiger partial charge in [-0.05, 0) is 64.4 Å². The lowest BCUT2D eigenvalue weighted by Gasteiger charge is -2.23. The van der Waals surface area contributed by atoms with Crippen molar-refractivity contribution in [2.24, 2.45) is 5.92 Å². The van der Waals surface area contributed by atoms with Crippen LogP contribution in [0.5, 0.6) is 11.8 Å². The molecule has 27 heavy (non-hydrogen) atoms. The first-order chi connectivity index (χ1) is 12.9. The van der Waals surface area contributed by atoms with Gasteiger partial charge in [-0.3, -0.25) is 0 Å². The number of nitrogens with one attached hydrogen (secondary N) is 1. The Balaban J connectivity index is 1.43. The van der Waals surface area contributed by atoms with Crippen molar-refractivity contribution in [1.82, 2.24) is 15.3 Å². The largest absolute Gasteiger partial charge is 0.477 e. The van der Waals surface area contributed by atoms with Gasteiger partial charge in [0.05, 0.1) is 12.1 Å². The van der Waals surface area contributed by atoms with Crippen LogP contribution in [0.15, 0.2) is 17.5 Å². The van der Waals surface area contributed by atoms with Gasteiger partial charge in [0.2, 0.25) is 11.8 Å². The van der Waals surface area contributed by atoms with Crippen molar-refractivity contribution in [3.63, 3.8) is 0 Å². The molecule has 7 heteroatoms. The first-order valence-corrected chi connectivity index (χ1v) is 10.3. The minimum absolute atomic E-state index is 0.258. The summed E-state index contributed by atoms with van der Waals surface area (Å²) in [5.74, 6) is 2.05. The van der Waals surface area contributed by atoms with Gasteiger partial charge in [0.15, 0.2) is 0 Å². The predicted molar refractivity (Wildman–Crippen MR) is 103 cm³/mol. The first kappa shape index (κ1) is 18.2. The highest BCUT2D eigenvalue weighted by atomic mass is 32.1. The molecule has 0 bridgehead atoms. The van der Waals surface area contributed by atoms with Gasteiger partial charge in [-0.25, -0.2) is 9.78 Å². The molecule has 1 amide bonds. The Morgan fingerprint density at radius 3 is 2.67 bits per heavy atom. The molecule has 0 atom stereocenters. The number of thiazole rings is 1. The summed E-state index contributed by atoms with van der Waals surface area (Å²) >= 11 is 1.52. The molecular formula is C20H25N3O3S. The van der Waals surface area contributed by atoms with Crippen LogP contribution in [-0.4, -0.2) is 22.7 Å². The van der Waals surface area contributed by atoms with E-state index in [9.17, 15) is 4.79 Å². The van der Waals surface area contributed by atoms with E-state index in [2.05, 4.69) is 15.3 Å². The Morgan fingerprint density at radius 1 is 1.26 bits per heavy atom. The van der Waals surface area contributed by atoms with Crippen molar-refractivity contribution in [3.8, 4) is 11.8 Å². The second-order valence-electron chi connectivity index (χ2n) is 8.01. The maximum atomic E-state index is 12.4. The SMILES string of the molecule is Cc1csc(C(C)(C)NC(=O)Oc2ccc(C3CC3)c(OCC3CC3)n2)n1. The third-order valence-corrected chi connectivity index (χ3v) is 6.08. The van der Waals surface area contributed by atoms with Crippen LogP contribution in [0, 0.1) is 12.8 Å². The Hall–Kier alpha value is -2.15. The molecule has 2 heterocycles. The molecule has 2 aliphatic rings. The van der Waals surface area contributed by atoms with Gasteiger partial charge in [-0.1, -0.05) is 0 Å². The number of amides is 1. The highest BCUT2D eigenvalue weighted by molar-refractivity contribution is 7.09. The maximum absolute atomic E-state index is 12.4. The Kier molecular flexibility index (Phi) is 4.80. The highest BCUT2D eigenvalue weighted by Crippen LogP contribution is 2.44. The van der Waals surface area contributed by atoms with E-state index in [4.69, 9.17) is 9.47 Å². The molecule has 0 aromatic carbocycles. The molecule has 2 fully saturated rings. The lowest BCUT2D eigenvalue weighted by Crippen LogP contribution is -2.42. The summed E-state index contributed by atoms with van der Waals surface area (Å²) in [7, 11) is 0. The summed E-state index contributed by atoms with van der Waals surface area (Å²) in [6, 6.07) is 3.72. The second kappa shape index (κ2) is 7.11. The number of carbonyl (C=O) groups excluding carboxylic acids is 1. The number of nitrogens with zero attached hydrogens (tertiary/aromatic N) is 2. The molecular weight excluding hydrogens is 362 g/mol. The van der Waals surface area contributed by atoms with Gasteiger partial charge in [-0.15, -0.1) is 11.3 Å². The second-order valence-corrected chi connectivity index (χ2v) is 8.86. The minimum atomic E-state index is -0.616. The Labute approximate surface area is 163 Å². The van der Waals surface area contributed by atoms with E-state index in [1.54, 1.807) is 6.07 Å². The van der Waals surface area contributed by atoms with E-state index in [0.717, 1.165) is 16.3 Å². The molecule has 2 aliphatic carbocycles. The van der Waals surface area contributed by atoms with Gasteiger partial charge in [0.25, 0.3) is 0 Å². The molecule has 144 valence electrons. The molecule has 1 N–H and O–H groups in total. The molecule has 2 aromatic rings. The van der Waals surface area contributed by atoms with Gasteiger partial charge in [0.1, 0.15) is 5.01 Å². The summed E-state index contributed by atoms with van der Waals surface area (Å²) in [6.07, 6.45) is 4.24. The normalized spacial score (nSPS) is 16.9. The summed E-state index contributed by atoms with van der Waals surface area (Å²) in [6.45, 7) is 6.43. The summed E-state index contributed by atoms with van der Waals surface area (Å²) < 4.78 is 11.4. The van der Waals surface area contributed by atoms with Gasteiger partial charge >= 0.3 is 6.09 Å². The highest BCUT2D eigenvalue weighted by Gasteiger charge is 2.30. The molecule has 2 aromatic heterocycles. The fourth-order valence-corrected chi connectivity index (χ4v) is 3.74. The van der Waals surface area contributed by atoms with E-state index in [1.807, 2.05) is 32.2 Å². The van der Waals surface area contributed by atoms with Crippen LogP contribution in [0.4, 0.5) is 4.79 Å². The first-order valence-electron chi connectivity index (χ1n) is 9.47. The third-order valence-electron chi connectivity index (χ3n) is 4.80. The lowest BCUT2D eigenvalue weighted by molar-refractivity contribution is 0.185. The van der Waals surface area contributed by atoms with Crippen molar-refractivity contribution >= 4 is 17.4 Å². The zero-order valence-electron chi connectivity index (χ0n) is 15.9. The number of aryl methyl sites for hydroxylation is 1.